The smallest absolute Gasteiger partial charge is 0.364 e. The van der Waals surface area contributed by atoms with Gasteiger partial charge in [-0.2, -0.15) is 18.3 Å². The van der Waals surface area contributed by atoms with Crippen LogP contribution in [0.1, 0.15) is 50.0 Å². The molecule has 3 N–H and O–H groups in total. The van der Waals surface area contributed by atoms with Crippen molar-refractivity contribution in [2.75, 3.05) is 19.7 Å². The maximum absolute atomic E-state index is 14.0. The molecule has 2 atom stereocenters. The van der Waals surface area contributed by atoms with Crippen LogP contribution in [0.3, 0.4) is 0 Å². The predicted octanol–water partition coefficient (Wildman–Crippen LogP) is 3.20. The molecule has 0 aromatic carbocycles. The molecule has 0 bridgehead atoms. The van der Waals surface area contributed by atoms with Crippen molar-refractivity contribution in [2.45, 2.75) is 56.5 Å². The zero-order valence-electron chi connectivity index (χ0n) is 18.1. The number of alkyl halides is 5. The van der Waals surface area contributed by atoms with Gasteiger partial charge in [-0.1, -0.05) is 0 Å². The highest BCUT2D eigenvalue weighted by atomic mass is 19.4. The zero-order valence-corrected chi connectivity index (χ0v) is 18.1. The highest BCUT2D eigenvalue weighted by Gasteiger charge is 2.49. The summed E-state index contributed by atoms with van der Waals surface area (Å²) in [6.45, 7) is 0.00973. The molecule has 4 rings (SSSR count). The molecule has 2 aromatic rings. The lowest BCUT2D eigenvalue weighted by Gasteiger charge is -2.38. The van der Waals surface area contributed by atoms with Gasteiger partial charge in [0.25, 0.3) is 5.92 Å². The van der Waals surface area contributed by atoms with Crippen molar-refractivity contribution >= 4 is 11.7 Å². The minimum atomic E-state index is -4.56. The van der Waals surface area contributed by atoms with Gasteiger partial charge in [0.05, 0.1) is 49.9 Å². The van der Waals surface area contributed by atoms with Crippen LogP contribution < -0.4 is 11.1 Å². The number of amides is 2. The summed E-state index contributed by atoms with van der Waals surface area (Å²) in [5.41, 5.74) is 4.77. The number of carbonyl (C=O) groups excluding carboxylic acids is 1. The second kappa shape index (κ2) is 8.05. The summed E-state index contributed by atoms with van der Waals surface area (Å²) in [4.78, 5) is 17.8. The number of carbonyl (C=O) groups is 1. The Morgan fingerprint density at radius 1 is 1.33 bits per heavy atom. The first kappa shape index (κ1) is 23.6. The van der Waals surface area contributed by atoms with E-state index in [1.807, 2.05) is 0 Å². The average Bonchev–Trinajstić information content (AvgIpc) is 3.45. The maximum atomic E-state index is 14.0. The highest BCUT2D eigenvalue weighted by molar-refractivity contribution is 5.76. The third kappa shape index (κ3) is 4.88. The monoisotopic (exact) mass is 476 g/mol. The van der Waals surface area contributed by atoms with Gasteiger partial charge in [0.15, 0.2) is 11.2 Å². The largest absolute Gasteiger partial charge is 0.416 e. The number of rotatable bonds is 7. The number of halogens is 5. The number of hydrogen-bond acceptors (Lipinski definition) is 5. The van der Waals surface area contributed by atoms with Crippen LogP contribution in [0.2, 0.25) is 0 Å². The lowest BCUT2D eigenvalue weighted by molar-refractivity contribution is -0.264. The first-order chi connectivity index (χ1) is 15.3. The highest BCUT2D eigenvalue weighted by Crippen LogP contribution is 2.45. The van der Waals surface area contributed by atoms with Crippen LogP contribution in [0.5, 0.6) is 0 Å². The van der Waals surface area contributed by atoms with Crippen molar-refractivity contribution in [1.82, 2.24) is 24.8 Å². The molecule has 13 heteroatoms. The summed E-state index contributed by atoms with van der Waals surface area (Å²) in [5, 5.41) is 6.48. The summed E-state index contributed by atoms with van der Waals surface area (Å²) < 4.78 is 73.3. The van der Waals surface area contributed by atoms with E-state index in [4.69, 9.17) is 10.5 Å². The van der Waals surface area contributed by atoms with E-state index in [0.29, 0.717) is 11.2 Å². The first-order valence-corrected chi connectivity index (χ1v) is 10.5. The van der Waals surface area contributed by atoms with E-state index in [0.717, 1.165) is 31.6 Å². The van der Waals surface area contributed by atoms with E-state index >= 15 is 0 Å². The maximum Gasteiger partial charge on any atom is 0.416 e. The molecule has 0 unspecified atom stereocenters. The van der Waals surface area contributed by atoms with Gasteiger partial charge in [0, 0.05) is 0 Å². The van der Waals surface area contributed by atoms with Gasteiger partial charge >= 0.3 is 12.2 Å². The molecular formula is C20H25F5N6O2. The van der Waals surface area contributed by atoms with E-state index in [9.17, 15) is 26.7 Å². The Labute approximate surface area is 186 Å². The molecule has 182 valence electrons. The lowest BCUT2D eigenvalue weighted by atomic mass is 10.0. The molecule has 2 aliphatic rings. The molecular weight excluding hydrogens is 451 g/mol. The Hall–Kier alpha value is -2.54. The van der Waals surface area contributed by atoms with Crippen LogP contribution in [0.4, 0.5) is 26.7 Å². The summed E-state index contributed by atoms with van der Waals surface area (Å²) in [6.07, 6.45) is -0.0144. The number of ether oxygens (including phenoxy) is 1. The zero-order chi connectivity index (χ0) is 24.2. The van der Waals surface area contributed by atoms with Crippen LogP contribution in [-0.4, -0.2) is 62.9 Å². The summed E-state index contributed by atoms with van der Waals surface area (Å²) in [6, 6.07) is -0.457. The lowest BCUT2D eigenvalue weighted by Crippen LogP contribution is -2.58. The first-order valence-electron chi connectivity index (χ1n) is 10.5. The molecule has 2 amide bonds. The van der Waals surface area contributed by atoms with Crippen LogP contribution in [0.25, 0.3) is 5.65 Å². The Kier molecular flexibility index (Phi) is 5.76. The summed E-state index contributed by atoms with van der Waals surface area (Å²) >= 11 is 0. The fraction of sp³-hybridized carbons (Fsp3) is 0.650. The Balaban J connectivity index is 1.55. The standard InChI is InChI=1S/C20H25F5N6O2/c1-18(2,20(23,24)25)33-8-13(26)14-7-31-15(29-14)5-12(6-28-31)16(11-3-4-11)30-10-19(21,22)9-27-17(30)32/h5-7,11,13,16H,3-4,8-10,26H2,1-2H3,(H,27,32)/t13-,16+/m0/s1. The Morgan fingerprint density at radius 3 is 2.67 bits per heavy atom. The number of nitrogens with one attached hydrogen (secondary N) is 1. The van der Waals surface area contributed by atoms with Crippen LogP contribution in [-0.2, 0) is 4.74 Å². The van der Waals surface area contributed by atoms with Crippen molar-refractivity contribution in [2.24, 2.45) is 11.7 Å². The quantitative estimate of drug-likeness (QED) is 0.599. The average molecular weight is 476 g/mol. The molecule has 0 spiro atoms. The number of nitrogens with two attached hydrogens (primary N) is 1. The van der Waals surface area contributed by atoms with Gasteiger partial charge in [-0.3, -0.25) is 0 Å². The second-order valence-electron chi connectivity index (χ2n) is 9.11. The van der Waals surface area contributed by atoms with E-state index in [2.05, 4.69) is 15.4 Å². The van der Waals surface area contributed by atoms with Crippen molar-refractivity contribution in [3.8, 4) is 0 Å². The number of urea groups is 1. The molecule has 1 aliphatic carbocycles. The van der Waals surface area contributed by atoms with Gasteiger partial charge in [0.2, 0.25) is 0 Å². The van der Waals surface area contributed by atoms with Gasteiger partial charge < -0.3 is 20.7 Å². The predicted molar refractivity (Wildman–Crippen MR) is 107 cm³/mol. The van der Waals surface area contributed by atoms with Crippen molar-refractivity contribution in [3.05, 3.63) is 29.7 Å². The Bertz CT molecular complexity index is 1040. The normalized spacial score (nSPS) is 21.2. The van der Waals surface area contributed by atoms with Crippen molar-refractivity contribution in [1.29, 1.82) is 0 Å². The number of nitrogens with zero attached hydrogens (tertiary/aromatic N) is 4. The number of hydrogen-bond donors (Lipinski definition) is 2. The summed E-state index contributed by atoms with van der Waals surface area (Å²) in [5.74, 6) is -3.01. The number of aromatic nitrogens is 3. The molecule has 1 aliphatic heterocycles. The number of fused-ring (bicyclic) bond motifs is 1. The minimum absolute atomic E-state index is 0.0311. The molecule has 33 heavy (non-hydrogen) atoms. The van der Waals surface area contributed by atoms with Gasteiger partial charge in [-0.05, 0) is 44.2 Å². The topological polar surface area (TPSA) is 97.8 Å². The fourth-order valence-electron chi connectivity index (χ4n) is 3.74. The third-order valence-corrected chi connectivity index (χ3v) is 5.95. The van der Waals surface area contributed by atoms with Crippen LogP contribution in [0, 0.1) is 5.92 Å². The number of imidazole rings is 1. The van der Waals surface area contributed by atoms with Gasteiger partial charge in [-0.25, -0.2) is 23.1 Å². The Morgan fingerprint density at radius 2 is 2.03 bits per heavy atom. The van der Waals surface area contributed by atoms with E-state index < -0.39 is 55.5 Å². The van der Waals surface area contributed by atoms with Crippen molar-refractivity contribution < 1.29 is 31.5 Å². The summed E-state index contributed by atoms with van der Waals surface area (Å²) in [7, 11) is 0. The molecule has 2 fully saturated rings. The van der Waals surface area contributed by atoms with E-state index in [1.54, 1.807) is 6.07 Å². The van der Waals surface area contributed by atoms with Gasteiger partial charge in [0.1, 0.15) is 0 Å². The second-order valence-corrected chi connectivity index (χ2v) is 9.11. The molecule has 2 aromatic heterocycles. The third-order valence-electron chi connectivity index (χ3n) is 5.95. The molecule has 0 radical (unpaired) electrons. The fourth-order valence-corrected chi connectivity index (χ4v) is 3.74. The molecule has 8 nitrogen and oxygen atoms in total. The molecule has 1 saturated heterocycles. The van der Waals surface area contributed by atoms with Crippen LogP contribution in [0.15, 0.2) is 18.5 Å². The SMILES string of the molecule is CC(C)(OC[C@H](N)c1cn2ncc([C@@H](C3CC3)N3CC(F)(F)CNC3=O)cc2n1)C(F)(F)F. The van der Waals surface area contributed by atoms with E-state index in [-0.39, 0.29) is 11.6 Å². The molecule has 1 saturated carbocycles. The van der Waals surface area contributed by atoms with Crippen molar-refractivity contribution in [3.63, 3.8) is 0 Å². The van der Waals surface area contributed by atoms with Gasteiger partial charge in [-0.15, -0.1) is 0 Å². The minimum Gasteiger partial charge on any atom is -0.364 e. The molecule has 3 heterocycles. The van der Waals surface area contributed by atoms with E-state index in [1.165, 1.54) is 16.9 Å². The van der Waals surface area contributed by atoms with Crippen LogP contribution >= 0.6 is 0 Å².